The second-order valence-electron chi connectivity index (χ2n) is 5.85. The lowest BCUT2D eigenvalue weighted by Crippen LogP contribution is -2.10. The molecular formula is C19H20N4O3S. The second-order valence-corrected chi connectivity index (χ2v) is 6.86. The van der Waals surface area contributed by atoms with E-state index in [0.29, 0.717) is 28.5 Å². The monoisotopic (exact) mass is 384 g/mol. The smallest absolute Gasteiger partial charge is 0.330 e. The Hall–Kier alpha value is -2.87. The quantitative estimate of drug-likeness (QED) is 0.304. The fraction of sp³-hybridized carbons (Fsp3) is 0.263. The molecule has 3 rings (SSSR count). The van der Waals surface area contributed by atoms with Gasteiger partial charge in [-0.05, 0) is 38.0 Å². The van der Waals surface area contributed by atoms with E-state index in [-0.39, 0.29) is 11.5 Å². The van der Waals surface area contributed by atoms with Crippen molar-refractivity contribution in [2.75, 3.05) is 12.4 Å². The van der Waals surface area contributed by atoms with E-state index in [2.05, 4.69) is 15.1 Å². The number of benzene rings is 1. The van der Waals surface area contributed by atoms with Crippen LogP contribution in [0.15, 0.2) is 46.5 Å². The van der Waals surface area contributed by atoms with Crippen molar-refractivity contribution in [1.82, 2.24) is 19.7 Å². The molecule has 0 unspecified atom stereocenters. The summed E-state index contributed by atoms with van der Waals surface area (Å²) in [6.45, 7) is 6.14. The Morgan fingerprint density at radius 2 is 2.19 bits per heavy atom. The topological polar surface area (TPSA) is 89.9 Å². The summed E-state index contributed by atoms with van der Waals surface area (Å²) in [6.07, 6.45) is 4.57. The number of rotatable bonds is 6. The number of thioether (sulfide) groups is 1. The molecule has 0 amide bonds. The van der Waals surface area contributed by atoms with Gasteiger partial charge >= 0.3 is 5.97 Å². The van der Waals surface area contributed by atoms with E-state index < -0.39 is 0 Å². The van der Waals surface area contributed by atoms with Gasteiger partial charge in [0.1, 0.15) is 5.39 Å². The van der Waals surface area contributed by atoms with Crippen LogP contribution in [0, 0.1) is 13.8 Å². The van der Waals surface area contributed by atoms with Crippen LogP contribution in [0.3, 0.4) is 0 Å². The van der Waals surface area contributed by atoms with Gasteiger partial charge in [0.15, 0.2) is 10.8 Å². The van der Waals surface area contributed by atoms with E-state index in [1.807, 2.05) is 32.0 Å². The maximum Gasteiger partial charge on any atom is 0.330 e. The van der Waals surface area contributed by atoms with Gasteiger partial charge in [0.05, 0.1) is 18.5 Å². The maximum absolute atomic E-state index is 12.4. The average molecular weight is 384 g/mol. The van der Waals surface area contributed by atoms with Crippen LogP contribution in [0.5, 0.6) is 0 Å². The number of carbonyl (C=O) groups excluding carboxylic acids is 1. The second kappa shape index (κ2) is 8.22. The highest BCUT2D eigenvalue weighted by atomic mass is 32.2. The summed E-state index contributed by atoms with van der Waals surface area (Å²) in [5.41, 5.74) is 3.37. The number of fused-ring (bicyclic) bond motifs is 1. The van der Waals surface area contributed by atoms with Crippen LogP contribution in [0.2, 0.25) is 0 Å². The number of hydrogen-bond acceptors (Lipinski definition) is 6. The summed E-state index contributed by atoms with van der Waals surface area (Å²) in [4.78, 5) is 31.0. The van der Waals surface area contributed by atoms with Gasteiger partial charge in [0.2, 0.25) is 0 Å². The number of nitrogens with one attached hydrogen (secondary N) is 1. The maximum atomic E-state index is 12.4. The van der Waals surface area contributed by atoms with Crippen LogP contribution in [-0.4, -0.2) is 38.1 Å². The van der Waals surface area contributed by atoms with Crippen LogP contribution >= 0.6 is 11.8 Å². The van der Waals surface area contributed by atoms with Crippen LogP contribution in [0.1, 0.15) is 18.1 Å². The molecule has 1 aromatic carbocycles. The Morgan fingerprint density at radius 3 is 2.96 bits per heavy atom. The lowest BCUT2D eigenvalue weighted by atomic mass is 10.1. The molecule has 0 aliphatic heterocycles. The van der Waals surface area contributed by atoms with Crippen LogP contribution in [0.25, 0.3) is 16.7 Å². The fourth-order valence-electron chi connectivity index (χ4n) is 2.57. The van der Waals surface area contributed by atoms with E-state index >= 15 is 0 Å². The Kier molecular flexibility index (Phi) is 5.75. The molecule has 0 saturated heterocycles. The molecule has 140 valence electrons. The van der Waals surface area contributed by atoms with Crippen molar-refractivity contribution in [2.45, 2.75) is 25.9 Å². The molecule has 3 aromatic rings. The molecule has 27 heavy (non-hydrogen) atoms. The van der Waals surface area contributed by atoms with Crippen molar-refractivity contribution < 1.29 is 9.53 Å². The first kappa shape index (κ1) is 18.9. The van der Waals surface area contributed by atoms with Crippen molar-refractivity contribution in [3.63, 3.8) is 0 Å². The van der Waals surface area contributed by atoms with Gasteiger partial charge < -0.3 is 9.72 Å². The number of aromatic amines is 1. The van der Waals surface area contributed by atoms with Crippen molar-refractivity contribution >= 4 is 28.8 Å². The highest BCUT2D eigenvalue weighted by Crippen LogP contribution is 2.21. The summed E-state index contributed by atoms with van der Waals surface area (Å²) in [7, 11) is 0. The molecule has 2 aromatic heterocycles. The van der Waals surface area contributed by atoms with Gasteiger partial charge in [-0.15, -0.1) is 0 Å². The minimum atomic E-state index is -0.386. The third-order valence-electron chi connectivity index (χ3n) is 4.08. The molecule has 0 aliphatic carbocycles. The molecule has 0 radical (unpaired) electrons. The number of aromatic nitrogens is 4. The Bertz CT molecular complexity index is 1070. The van der Waals surface area contributed by atoms with Crippen LogP contribution in [-0.2, 0) is 9.53 Å². The molecule has 0 spiro atoms. The zero-order chi connectivity index (χ0) is 19.4. The number of nitrogens with zero attached hydrogens (tertiary/aromatic N) is 3. The molecule has 0 saturated carbocycles. The number of esters is 1. The third-order valence-corrected chi connectivity index (χ3v) is 4.90. The first-order valence-corrected chi connectivity index (χ1v) is 9.50. The van der Waals surface area contributed by atoms with E-state index in [1.165, 1.54) is 24.0 Å². The van der Waals surface area contributed by atoms with Crippen molar-refractivity contribution in [3.8, 4) is 5.69 Å². The van der Waals surface area contributed by atoms with E-state index in [4.69, 9.17) is 4.74 Å². The number of H-pyrrole nitrogens is 1. The molecular weight excluding hydrogens is 364 g/mol. The Labute approximate surface area is 160 Å². The standard InChI is InChI=1S/C19H20N4O3S/c1-4-26-16(24)9-6-10-27-19-21-17-14(18(25)22-19)11-20-23(17)15-8-5-7-12(2)13(15)3/h5-9,11H,4,10H2,1-3H3,(H,21,22,25)/b9-6+. The normalized spacial score (nSPS) is 11.4. The Balaban J connectivity index is 1.90. The zero-order valence-corrected chi connectivity index (χ0v) is 16.2. The minimum Gasteiger partial charge on any atom is -0.463 e. The fourth-order valence-corrected chi connectivity index (χ4v) is 3.24. The van der Waals surface area contributed by atoms with E-state index in [0.717, 1.165) is 16.8 Å². The molecule has 0 atom stereocenters. The van der Waals surface area contributed by atoms with E-state index in [1.54, 1.807) is 17.7 Å². The van der Waals surface area contributed by atoms with Gasteiger partial charge in [0, 0.05) is 11.8 Å². The lowest BCUT2D eigenvalue weighted by Gasteiger charge is -2.09. The number of hydrogen-bond donors (Lipinski definition) is 1. The largest absolute Gasteiger partial charge is 0.463 e. The van der Waals surface area contributed by atoms with Crippen molar-refractivity contribution in [3.05, 3.63) is 58.0 Å². The van der Waals surface area contributed by atoms with Crippen molar-refractivity contribution in [2.24, 2.45) is 0 Å². The number of carbonyl (C=O) groups is 1. The summed E-state index contributed by atoms with van der Waals surface area (Å²) in [5.74, 6) is 0.0909. The molecule has 1 N–H and O–H groups in total. The highest BCUT2D eigenvalue weighted by molar-refractivity contribution is 7.99. The van der Waals surface area contributed by atoms with Gasteiger partial charge in [-0.2, -0.15) is 5.10 Å². The predicted molar refractivity (Wildman–Crippen MR) is 105 cm³/mol. The van der Waals surface area contributed by atoms with Crippen LogP contribution in [0.4, 0.5) is 0 Å². The van der Waals surface area contributed by atoms with E-state index in [9.17, 15) is 9.59 Å². The predicted octanol–water partition coefficient (Wildman–Crippen LogP) is 2.94. The number of ether oxygens (including phenoxy) is 1. The van der Waals surface area contributed by atoms with Gasteiger partial charge in [-0.1, -0.05) is 30.0 Å². The Morgan fingerprint density at radius 1 is 1.37 bits per heavy atom. The highest BCUT2D eigenvalue weighted by Gasteiger charge is 2.13. The number of aryl methyl sites for hydroxylation is 1. The van der Waals surface area contributed by atoms with Gasteiger partial charge in [0.25, 0.3) is 5.56 Å². The molecule has 8 heteroatoms. The molecule has 7 nitrogen and oxygen atoms in total. The summed E-state index contributed by atoms with van der Waals surface area (Å²) >= 11 is 1.32. The average Bonchev–Trinajstić information content (AvgIpc) is 3.06. The molecule has 0 aliphatic rings. The van der Waals surface area contributed by atoms with Gasteiger partial charge in [-0.3, -0.25) is 4.79 Å². The summed E-state index contributed by atoms with van der Waals surface area (Å²) < 4.78 is 6.51. The third kappa shape index (κ3) is 4.11. The molecule has 0 fully saturated rings. The first-order valence-electron chi connectivity index (χ1n) is 8.52. The molecule has 2 heterocycles. The molecule has 0 bridgehead atoms. The summed E-state index contributed by atoms with van der Waals surface area (Å²) in [5, 5.41) is 5.26. The minimum absolute atomic E-state index is 0.242. The lowest BCUT2D eigenvalue weighted by molar-refractivity contribution is -0.137. The van der Waals surface area contributed by atoms with Gasteiger partial charge in [-0.25, -0.2) is 14.5 Å². The first-order chi connectivity index (χ1) is 13.0. The van der Waals surface area contributed by atoms with Crippen LogP contribution < -0.4 is 5.56 Å². The SMILES string of the molecule is CCOC(=O)/C=C/CSc1nc2c(cnn2-c2cccc(C)c2C)c(=O)[nH]1. The zero-order valence-electron chi connectivity index (χ0n) is 15.4. The summed E-state index contributed by atoms with van der Waals surface area (Å²) in [6, 6.07) is 5.93. The van der Waals surface area contributed by atoms with Crippen molar-refractivity contribution in [1.29, 1.82) is 0 Å².